The first-order valence-electron chi connectivity index (χ1n) is 9.54. The fourth-order valence-corrected chi connectivity index (χ4v) is 5.84. The molecule has 0 saturated carbocycles. The van der Waals surface area contributed by atoms with Gasteiger partial charge in [0.2, 0.25) is 0 Å². The molecule has 7 heteroatoms. The third kappa shape index (κ3) is 4.94. The zero-order valence-electron chi connectivity index (χ0n) is 16.8. The number of carbonyl (C=O) groups is 1. The van der Waals surface area contributed by atoms with Gasteiger partial charge in [0.25, 0.3) is 0 Å². The molecule has 0 spiro atoms. The molecule has 0 saturated heterocycles. The van der Waals surface area contributed by atoms with Gasteiger partial charge in [-0.05, 0) is 0 Å². The summed E-state index contributed by atoms with van der Waals surface area (Å²) in [6.07, 6.45) is 0. The number of benzene rings is 3. The van der Waals surface area contributed by atoms with Crippen LogP contribution in [0.3, 0.4) is 0 Å². The Balaban J connectivity index is 0.00000272. The number of aromatic hydroxyl groups is 2. The average Bonchev–Trinajstić information content (AvgIpc) is 3.13. The van der Waals surface area contributed by atoms with Crippen molar-refractivity contribution >= 4 is 42.3 Å². The van der Waals surface area contributed by atoms with Crippen LogP contribution in [0, 0.1) is 0 Å². The van der Waals surface area contributed by atoms with E-state index in [9.17, 15) is 15.0 Å². The number of ketones is 1. The van der Waals surface area contributed by atoms with Crippen LogP contribution in [0.4, 0.5) is 0 Å². The van der Waals surface area contributed by atoms with Gasteiger partial charge in [0.1, 0.15) is 0 Å². The number of nitrogens with one attached hydrogen (secondary N) is 1. The standard InChI is InChI=1S/C24H21NO4Se.ClH/c1-25-12-13-29-19-9-4-15(5-10-19)23(28)22-20-11-8-18(27)14-21(20)30-24(22)16-2-6-17(26)7-3-16;/h2-11,14,25-27H,12-13H2,1H3;1H. The molecule has 0 amide bonds. The number of fused-ring (bicyclic) bond motifs is 1. The normalized spacial score (nSPS) is 10.6. The number of halogens is 1. The van der Waals surface area contributed by atoms with Gasteiger partial charge in [-0.15, -0.1) is 12.4 Å². The SMILES string of the molecule is CNCCOc1ccc(C(=O)c2c(-c3ccc(O)cc3)[se]c3cc(O)ccc23)cc1.Cl. The van der Waals surface area contributed by atoms with Gasteiger partial charge in [-0.2, -0.15) is 0 Å². The molecule has 4 rings (SSSR count). The summed E-state index contributed by atoms with van der Waals surface area (Å²) < 4.78 is 7.56. The largest absolute Gasteiger partial charge is 0.147 e. The molecule has 0 fully saturated rings. The van der Waals surface area contributed by atoms with E-state index in [4.69, 9.17) is 4.74 Å². The molecule has 1 heterocycles. The van der Waals surface area contributed by atoms with Crippen LogP contribution >= 0.6 is 12.4 Å². The summed E-state index contributed by atoms with van der Waals surface area (Å²) in [6.45, 7) is 1.30. The minimum atomic E-state index is -0.133. The summed E-state index contributed by atoms with van der Waals surface area (Å²) in [7, 11) is 1.87. The van der Waals surface area contributed by atoms with Crippen LogP contribution in [0.5, 0.6) is 17.2 Å². The Labute approximate surface area is 192 Å². The van der Waals surface area contributed by atoms with Crippen LogP contribution in [0.15, 0.2) is 66.7 Å². The van der Waals surface area contributed by atoms with E-state index in [1.54, 1.807) is 36.4 Å². The average molecular weight is 503 g/mol. The third-order valence-electron chi connectivity index (χ3n) is 4.77. The smallest absolute Gasteiger partial charge is 0.147 e. The molecule has 0 aliphatic heterocycles. The van der Waals surface area contributed by atoms with Gasteiger partial charge in [-0.25, -0.2) is 0 Å². The van der Waals surface area contributed by atoms with Gasteiger partial charge in [-0.3, -0.25) is 0 Å². The Morgan fingerprint density at radius 3 is 2.32 bits per heavy atom. The number of carbonyl (C=O) groups excluding carboxylic acids is 1. The number of likely N-dealkylation sites (N-methyl/N-ethyl adjacent to an activating group) is 1. The van der Waals surface area contributed by atoms with Gasteiger partial charge in [0.15, 0.2) is 0 Å². The predicted octanol–water partition coefficient (Wildman–Crippen LogP) is 4.23. The zero-order valence-corrected chi connectivity index (χ0v) is 19.3. The van der Waals surface area contributed by atoms with Crippen LogP contribution in [0.2, 0.25) is 0 Å². The van der Waals surface area contributed by atoms with Gasteiger partial charge in [-0.1, -0.05) is 0 Å². The predicted molar refractivity (Wildman–Crippen MR) is 126 cm³/mol. The number of hydrogen-bond donors (Lipinski definition) is 3. The van der Waals surface area contributed by atoms with Gasteiger partial charge < -0.3 is 0 Å². The Hall–Kier alpha value is -2.76. The maximum Gasteiger partial charge on any atom is -0.147 e. The number of ether oxygens (including phenoxy) is 1. The molecule has 4 aromatic rings. The second kappa shape index (κ2) is 10.0. The molecule has 160 valence electrons. The maximum absolute atomic E-state index is 13.5. The van der Waals surface area contributed by atoms with Gasteiger partial charge in [0, 0.05) is 0 Å². The molecule has 0 bridgehead atoms. The summed E-state index contributed by atoms with van der Waals surface area (Å²) >= 11 is -0.133. The summed E-state index contributed by atoms with van der Waals surface area (Å²) in [4.78, 5) is 13.5. The Morgan fingerprint density at radius 2 is 1.65 bits per heavy atom. The van der Waals surface area contributed by atoms with Crippen molar-refractivity contribution in [3.8, 4) is 27.2 Å². The summed E-state index contributed by atoms with van der Waals surface area (Å²) in [5.74, 6) is 1.03. The molecule has 1 aromatic heterocycles. The second-order valence-corrected chi connectivity index (χ2v) is 9.05. The van der Waals surface area contributed by atoms with Gasteiger partial charge in [0.05, 0.1) is 0 Å². The first-order valence-corrected chi connectivity index (χ1v) is 11.2. The van der Waals surface area contributed by atoms with E-state index in [1.165, 1.54) is 0 Å². The van der Waals surface area contributed by atoms with E-state index in [0.29, 0.717) is 17.7 Å². The fraction of sp³-hybridized carbons (Fsp3) is 0.125. The van der Waals surface area contributed by atoms with Crippen molar-refractivity contribution in [2.45, 2.75) is 0 Å². The van der Waals surface area contributed by atoms with Crippen molar-refractivity contribution in [3.05, 3.63) is 77.9 Å². The van der Waals surface area contributed by atoms with Gasteiger partial charge >= 0.3 is 180 Å². The van der Waals surface area contributed by atoms with Crippen molar-refractivity contribution in [2.24, 2.45) is 0 Å². The van der Waals surface area contributed by atoms with E-state index >= 15 is 0 Å². The molecule has 3 aromatic carbocycles. The van der Waals surface area contributed by atoms with Crippen LogP contribution in [0.1, 0.15) is 15.9 Å². The first-order chi connectivity index (χ1) is 14.6. The van der Waals surface area contributed by atoms with Crippen LogP contribution in [0.25, 0.3) is 19.6 Å². The van der Waals surface area contributed by atoms with E-state index in [2.05, 4.69) is 5.32 Å². The Kier molecular flexibility index (Phi) is 7.41. The van der Waals surface area contributed by atoms with Crippen LogP contribution in [-0.2, 0) is 0 Å². The molecule has 3 N–H and O–H groups in total. The molecule has 0 radical (unpaired) electrons. The Morgan fingerprint density at radius 1 is 0.968 bits per heavy atom. The number of rotatable bonds is 7. The topological polar surface area (TPSA) is 78.8 Å². The monoisotopic (exact) mass is 503 g/mol. The minimum Gasteiger partial charge on any atom is -0.147 e. The maximum atomic E-state index is 13.5. The molecule has 31 heavy (non-hydrogen) atoms. The van der Waals surface area contributed by atoms with Crippen molar-refractivity contribution in [1.82, 2.24) is 5.32 Å². The molecule has 0 aliphatic carbocycles. The minimum absolute atomic E-state index is 0. The molecule has 0 atom stereocenters. The summed E-state index contributed by atoms with van der Waals surface area (Å²) in [5, 5.41) is 23.4. The van der Waals surface area contributed by atoms with Crippen molar-refractivity contribution in [1.29, 1.82) is 0 Å². The molecule has 5 nitrogen and oxygen atoms in total. The van der Waals surface area contributed by atoms with Crippen molar-refractivity contribution in [3.63, 3.8) is 0 Å². The first kappa shape index (κ1) is 22.9. The van der Waals surface area contributed by atoms with Crippen molar-refractivity contribution < 1.29 is 19.7 Å². The molecular formula is C24H22ClNO4Se. The summed E-state index contributed by atoms with van der Waals surface area (Å²) in [5.41, 5.74) is 2.14. The van der Waals surface area contributed by atoms with E-state index in [-0.39, 0.29) is 44.2 Å². The quantitative estimate of drug-likeness (QED) is 0.200. The Bertz CT molecular complexity index is 1190. The number of phenols is 2. The molecular weight excluding hydrogens is 481 g/mol. The number of phenolic OH excluding ortho intramolecular Hbond substituents is 2. The second-order valence-electron chi connectivity index (χ2n) is 6.84. The van der Waals surface area contributed by atoms with Crippen molar-refractivity contribution in [2.75, 3.05) is 20.2 Å². The van der Waals surface area contributed by atoms with Crippen LogP contribution in [-0.4, -0.2) is 50.7 Å². The zero-order chi connectivity index (χ0) is 21.1. The fourth-order valence-electron chi connectivity index (χ4n) is 3.24. The van der Waals surface area contributed by atoms with E-state index < -0.39 is 0 Å². The summed E-state index contributed by atoms with van der Waals surface area (Å²) in [6, 6.07) is 19.2. The number of hydrogen-bond acceptors (Lipinski definition) is 5. The van der Waals surface area contributed by atoms with E-state index in [1.807, 2.05) is 37.4 Å². The third-order valence-corrected chi connectivity index (χ3v) is 7.29. The molecule has 0 aliphatic rings. The molecule has 0 unspecified atom stereocenters. The van der Waals surface area contributed by atoms with Crippen LogP contribution < -0.4 is 10.1 Å². The van der Waals surface area contributed by atoms with E-state index in [0.717, 1.165) is 31.9 Å².